The third kappa shape index (κ3) is 5.94. The lowest BCUT2D eigenvalue weighted by molar-refractivity contribution is -0.143. The number of carbonyl (C=O) groups is 2. The minimum atomic E-state index is -0.239. The van der Waals surface area contributed by atoms with Gasteiger partial charge in [0.15, 0.2) is 0 Å². The zero-order valence-corrected chi connectivity index (χ0v) is 23.3. The van der Waals surface area contributed by atoms with Gasteiger partial charge in [0.25, 0.3) is 5.91 Å². The van der Waals surface area contributed by atoms with Crippen molar-refractivity contribution in [2.24, 2.45) is 0 Å². The Balaban J connectivity index is 1.37. The van der Waals surface area contributed by atoms with E-state index in [1.165, 1.54) is 6.33 Å². The number of anilines is 1. The van der Waals surface area contributed by atoms with Gasteiger partial charge in [0.2, 0.25) is 0 Å². The molecule has 2 aromatic heterocycles. The molecule has 2 aromatic carbocycles. The van der Waals surface area contributed by atoms with Gasteiger partial charge < -0.3 is 19.9 Å². The van der Waals surface area contributed by atoms with E-state index in [9.17, 15) is 9.59 Å². The minimum Gasteiger partial charge on any atom is -0.466 e. The lowest BCUT2D eigenvalue weighted by Crippen LogP contribution is -2.44. The fraction of sp³-hybridized carbons (Fsp3) is 0.393. The van der Waals surface area contributed by atoms with E-state index in [0.717, 1.165) is 36.1 Å². The highest BCUT2D eigenvalue weighted by molar-refractivity contribution is 6.35. The Kier molecular flexibility index (Phi) is 8.18. The molecule has 1 aliphatic rings. The first-order valence-electron chi connectivity index (χ1n) is 13.2. The van der Waals surface area contributed by atoms with Gasteiger partial charge in [-0.15, -0.1) is 0 Å². The van der Waals surface area contributed by atoms with Crippen LogP contribution in [0, 0.1) is 0 Å². The fourth-order valence-electron chi connectivity index (χ4n) is 5.07. The lowest BCUT2D eigenvalue weighted by atomic mass is 9.96. The normalized spacial score (nSPS) is 16.4. The number of ether oxygens (including phenoxy) is 1. The van der Waals surface area contributed by atoms with E-state index in [-0.39, 0.29) is 30.4 Å². The summed E-state index contributed by atoms with van der Waals surface area (Å²) in [5.74, 6) is 0.919. The fourth-order valence-corrected chi connectivity index (χ4v) is 5.48. The van der Waals surface area contributed by atoms with Crippen LogP contribution >= 0.6 is 23.2 Å². The van der Waals surface area contributed by atoms with Gasteiger partial charge in [-0.1, -0.05) is 23.2 Å². The molecule has 2 N–H and O–H groups in total. The molecule has 0 radical (unpaired) electrons. The number of fused-ring (bicyclic) bond motifs is 2. The topological polar surface area (TPSA) is 113 Å². The first-order chi connectivity index (χ1) is 18.8. The molecule has 1 saturated heterocycles. The maximum atomic E-state index is 13.6. The number of amides is 1. The van der Waals surface area contributed by atoms with Crippen molar-refractivity contribution in [3.05, 3.63) is 58.1 Å². The summed E-state index contributed by atoms with van der Waals surface area (Å²) >= 11 is 12.8. The van der Waals surface area contributed by atoms with E-state index in [0.29, 0.717) is 51.9 Å². The second kappa shape index (κ2) is 11.8. The molecule has 1 amide bonds. The molecule has 4 aromatic rings. The molecule has 0 bridgehead atoms. The Bertz CT molecular complexity index is 1520. The Morgan fingerprint density at radius 2 is 2.03 bits per heavy atom. The number of aromatic amines is 1. The molecule has 1 fully saturated rings. The summed E-state index contributed by atoms with van der Waals surface area (Å²) in [6.45, 7) is 4.73. The van der Waals surface area contributed by atoms with Crippen molar-refractivity contribution in [1.82, 2.24) is 24.8 Å². The van der Waals surface area contributed by atoms with Gasteiger partial charge in [0.1, 0.15) is 18.0 Å². The minimum absolute atomic E-state index is 0.0374. The maximum Gasteiger partial charge on any atom is 0.305 e. The number of halogens is 2. The van der Waals surface area contributed by atoms with Crippen LogP contribution in [0.1, 0.15) is 68.2 Å². The first kappa shape index (κ1) is 27.1. The Morgan fingerprint density at radius 1 is 1.18 bits per heavy atom. The number of hydrogen-bond donors (Lipinski definition) is 2. The van der Waals surface area contributed by atoms with Crippen molar-refractivity contribution in [2.75, 3.05) is 18.5 Å². The molecule has 11 heteroatoms. The third-order valence-corrected chi connectivity index (χ3v) is 7.60. The smallest absolute Gasteiger partial charge is 0.305 e. The number of esters is 1. The number of piperidine rings is 1. The van der Waals surface area contributed by atoms with Crippen molar-refractivity contribution in [3.8, 4) is 0 Å². The van der Waals surface area contributed by atoms with Crippen molar-refractivity contribution in [1.29, 1.82) is 0 Å². The average Bonchev–Trinajstić information content (AvgIpc) is 3.35. The molecule has 204 valence electrons. The summed E-state index contributed by atoms with van der Waals surface area (Å²) in [5, 5.41) is 5.03. The molecule has 0 unspecified atom stereocenters. The third-order valence-electron chi connectivity index (χ3n) is 7.06. The molecule has 0 spiro atoms. The molecule has 5 rings (SSSR count). The van der Waals surface area contributed by atoms with Crippen molar-refractivity contribution < 1.29 is 14.3 Å². The predicted molar refractivity (Wildman–Crippen MR) is 152 cm³/mol. The molecular formula is C28H30Cl2N6O3. The van der Waals surface area contributed by atoms with Crippen LogP contribution in [0.25, 0.3) is 21.9 Å². The Morgan fingerprint density at radius 3 is 2.85 bits per heavy atom. The molecular weight excluding hydrogens is 539 g/mol. The van der Waals surface area contributed by atoms with Gasteiger partial charge in [0.05, 0.1) is 39.8 Å². The number of benzene rings is 2. The van der Waals surface area contributed by atoms with E-state index in [2.05, 4.69) is 25.3 Å². The van der Waals surface area contributed by atoms with Crippen molar-refractivity contribution in [3.63, 3.8) is 0 Å². The number of carbonyl (C=O) groups excluding carboxylic acids is 2. The number of nitrogens with zero attached hydrogens (tertiary/aromatic N) is 4. The second-order valence-electron chi connectivity index (χ2n) is 9.71. The number of likely N-dealkylation sites (tertiary alicyclic amines) is 1. The van der Waals surface area contributed by atoms with Crippen molar-refractivity contribution >= 4 is 62.8 Å². The molecule has 39 heavy (non-hydrogen) atoms. The summed E-state index contributed by atoms with van der Waals surface area (Å²) in [4.78, 5) is 44.2. The summed E-state index contributed by atoms with van der Waals surface area (Å²) < 4.78 is 5.07. The van der Waals surface area contributed by atoms with Gasteiger partial charge in [0, 0.05) is 29.4 Å². The van der Waals surface area contributed by atoms with E-state index in [4.69, 9.17) is 27.9 Å². The largest absolute Gasteiger partial charge is 0.466 e. The summed E-state index contributed by atoms with van der Waals surface area (Å²) in [5.41, 5.74) is 2.66. The van der Waals surface area contributed by atoms with Crippen LogP contribution in [-0.2, 0) is 9.53 Å². The molecule has 3 heterocycles. The number of nitrogens with one attached hydrogen (secondary N) is 2. The highest BCUT2D eigenvalue weighted by Crippen LogP contribution is 2.32. The predicted octanol–water partition coefficient (Wildman–Crippen LogP) is 6.32. The Labute approximate surface area is 236 Å². The van der Waals surface area contributed by atoms with Crippen LogP contribution in [0.3, 0.4) is 0 Å². The van der Waals surface area contributed by atoms with E-state index in [1.807, 2.05) is 30.0 Å². The monoisotopic (exact) mass is 568 g/mol. The quantitative estimate of drug-likeness (QED) is 0.239. The van der Waals surface area contributed by atoms with Crippen LogP contribution in [0.2, 0.25) is 10.0 Å². The second-order valence-corrected chi connectivity index (χ2v) is 10.6. The highest BCUT2D eigenvalue weighted by Gasteiger charge is 2.29. The first-order valence-corrected chi connectivity index (χ1v) is 13.9. The number of hydrogen-bond acceptors (Lipinski definition) is 7. The van der Waals surface area contributed by atoms with Crippen molar-refractivity contribution in [2.45, 2.75) is 58.0 Å². The Hall–Kier alpha value is -3.43. The van der Waals surface area contributed by atoms with Crippen LogP contribution in [0.5, 0.6) is 0 Å². The number of imidazole rings is 1. The highest BCUT2D eigenvalue weighted by atomic mass is 35.5. The average molecular weight is 569 g/mol. The van der Waals surface area contributed by atoms with Gasteiger partial charge in [-0.25, -0.2) is 15.0 Å². The summed E-state index contributed by atoms with van der Waals surface area (Å²) in [6, 6.07) is 8.73. The SMILES string of the molecule is CCOC(=O)CC[C@@H]1CCCCN1C(=O)c1cc2ncnc(N[C@@H](C)c3nc4cc(Cl)ccc4[nH]3)c2cc1Cl. The lowest BCUT2D eigenvalue weighted by Gasteiger charge is -2.36. The summed E-state index contributed by atoms with van der Waals surface area (Å²) in [6.07, 6.45) is 5.08. The standard InChI is InChI=1S/C28H30Cl2N6O3/c1-3-39-25(37)10-8-18-6-4-5-11-36(18)28(38)19-14-23-20(13-21(19)30)27(32-15-31-23)33-16(2)26-34-22-9-7-17(29)12-24(22)35-26/h7,9,12-16,18H,3-6,8,10-11H2,1-2H3,(H,34,35)(H,31,32,33)/t16-,18-/m0/s1. The van der Waals surface area contributed by atoms with Crippen LogP contribution < -0.4 is 5.32 Å². The van der Waals surface area contributed by atoms with Gasteiger partial charge in [-0.3, -0.25) is 9.59 Å². The van der Waals surface area contributed by atoms with Crippen LogP contribution in [0.4, 0.5) is 5.82 Å². The van der Waals surface area contributed by atoms with Gasteiger partial charge in [-0.2, -0.15) is 0 Å². The van der Waals surface area contributed by atoms with E-state index >= 15 is 0 Å². The maximum absolute atomic E-state index is 13.6. The number of aromatic nitrogens is 4. The van der Waals surface area contributed by atoms with E-state index in [1.54, 1.807) is 19.1 Å². The van der Waals surface area contributed by atoms with Gasteiger partial charge in [-0.05, 0) is 69.9 Å². The molecule has 1 aliphatic heterocycles. The number of H-pyrrole nitrogens is 1. The molecule has 0 saturated carbocycles. The zero-order valence-electron chi connectivity index (χ0n) is 21.8. The summed E-state index contributed by atoms with van der Waals surface area (Å²) in [7, 11) is 0. The molecule has 0 aliphatic carbocycles. The zero-order chi connectivity index (χ0) is 27.5. The van der Waals surface area contributed by atoms with E-state index < -0.39 is 0 Å². The van der Waals surface area contributed by atoms with Crippen LogP contribution in [0.15, 0.2) is 36.7 Å². The van der Waals surface area contributed by atoms with Crippen LogP contribution in [-0.4, -0.2) is 55.9 Å². The molecule has 9 nitrogen and oxygen atoms in total. The number of rotatable bonds is 8. The molecule has 2 atom stereocenters. The van der Waals surface area contributed by atoms with Gasteiger partial charge >= 0.3 is 5.97 Å².